The largest absolute Gasteiger partial charge is 0.341 e. The highest BCUT2D eigenvalue weighted by Crippen LogP contribution is 2.30. The molecule has 0 unspecified atom stereocenters. The summed E-state index contributed by atoms with van der Waals surface area (Å²) in [5, 5.41) is 3.27. The van der Waals surface area contributed by atoms with E-state index in [1.807, 2.05) is 12.2 Å². The molecule has 0 saturated heterocycles. The van der Waals surface area contributed by atoms with Gasteiger partial charge in [0.2, 0.25) is 0 Å². The highest BCUT2D eigenvalue weighted by Gasteiger charge is 2.30. The molecule has 1 aliphatic heterocycles. The van der Waals surface area contributed by atoms with Crippen LogP contribution in [0.4, 0.5) is 0 Å². The average molecular weight is 204 g/mol. The van der Waals surface area contributed by atoms with Gasteiger partial charge in [-0.1, -0.05) is 25.3 Å². The molecular formula is C13H20N2. The van der Waals surface area contributed by atoms with Crippen molar-refractivity contribution in [3.8, 4) is 0 Å². The Bertz CT molecular complexity index is 340. The maximum absolute atomic E-state index is 4.02. The van der Waals surface area contributed by atoms with Gasteiger partial charge in [0.1, 0.15) is 5.82 Å². The van der Waals surface area contributed by atoms with Crippen molar-refractivity contribution < 1.29 is 0 Å². The molecule has 1 aliphatic rings. The zero-order valence-electron chi connectivity index (χ0n) is 10.1. The zero-order chi connectivity index (χ0) is 11.6. The van der Waals surface area contributed by atoms with Crippen LogP contribution in [0.1, 0.15) is 27.7 Å². The lowest BCUT2D eigenvalue weighted by Gasteiger charge is -2.34. The van der Waals surface area contributed by atoms with Crippen LogP contribution in [0.25, 0.3) is 0 Å². The standard InChI is InChI=1S/C13H20N2/c1-7-8-9-12-10(2)15(11(3)14-12)13(4,5)6/h7-9,14H,1,3H2,2,4-6H3/b9-8-. The van der Waals surface area contributed by atoms with Gasteiger partial charge in [0.25, 0.3) is 0 Å². The van der Waals surface area contributed by atoms with Crippen molar-refractivity contribution in [1.29, 1.82) is 0 Å². The molecule has 1 heterocycles. The predicted molar refractivity (Wildman–Crippen MR) is 65.9 cm³/mol. The minimum absolute atomic E-state index is 0.0535. The van der Waals surface area contributed by atoms with Crippen molar-refractivity contribution in [3.63, 3.8) is 0 Å². The Labute approximate surface area is 92.7 Å². The van der Waals surface area contributed by atoms with E-state index in [0.29, 0.717) is 0 Å². The smallest absolute Gasteiger partial charge is 0.103 e. The molecule has 0 spiro atoms. The van der Waals surface area contributed by atoms with E-state index in [1.54, 1.807) is 6.08 Å². The molecule has 0 aromatic rings. The van der Waals surface area contributed by atoms with Crippen LogP contribution >= 0.6 is 0 Å². The fourth-order valence-electron chi connectivity index (χ4n) is 1.86. The lowest BCUT2D eigenvalue weighted by Crippen LogP contribution is -2.38. The summed E-state index contributed by atoms with van der Waals surface area (Å²) in [6, 6.07) is 0. The monoisotopic (exact) mass is 204 g/mol. The summed E-state index contributed by atoms with van der Waals surface area (Å²) in [6.07, 6.45) is 5.70. The van der Waals surface area contributed by atoms with Gasteiger partial charge >= 0.3 is 0 Å². The first-order chi connectivity index (χ1) is 6.88. The highest BCUT2D eigenvalue weighted by molar-refractivity contribution is 5.35. The average Bonchev–Trinajstić information content (AvgIpc) is 2.36. The molecule has 0 aromatic heterocycles. The quantitative estimate of drug-likeness (QED) is 0.695. The third-order valence-corrected chi connectivity index (χ3v) is 2.34. The Balaban J connectivity index is 3.02. The SMILES string of the molecule is C=C/C=C\C1=C(C)N(C(C)(C)C)C(=C)N1. The van der Waals surface area contributed by atoms with E-state index in [4.69, 9.17) is 0 Å². The second-order valence-electron chi connectivity index (χ2n) is 4.67. The first-order valence-electron chi connectivity index (χ1n) is 5.14. The maximum atomic E-state index is 4.02. The molecular weight excluding hydrogens is 184 g/mol. The van der Waals surface area contributed by atoms with Gasteiger partial charge in [0.15, 0.2) is 0 Å². The minimum atomic E-state index is 0.0535. The minimum Gasteiger partial charge on any atom is -0.341 e. The molecule has 2 nitrogen and oxygen atoms in total. The first-order valence-corrected chi connectivity index (χ1v) is 5.14. The molecule has 0 saturated carbocycles. The summed E-state index contributed by atoms with van der Waals surface area (Å²) in [4.78, 5) is 2.20. The fourth-order valence-corrected chi connectivity index (χ4v) is 1.86. The third-order valence-electron chi connectivity index (χ3n) is 2.34. The van der Waals surface area contributed by atoms with Gasteiger partial charge in [-0.05, 0) is 33.8 Å². The molecule has 2 heteroatoms. The number of hydrogen-bond acceptors (Lipinski definition) is 2. The molecule has 82 valence electrons. The molecule has 0 bridgehead atoms. The number of rotatable bonds is 2. The molecule has 1 N–H and O–H groups in total. The van der Waals surface area contributed by atoms with Crippen molar-refractivity contribution in [2.45, 2.75) is 33.2 Å². The second kappa shape index (κ2) is 3.97. The van der Waals surface area contributed by atoms with E-state index in [0.717, 1.165) is 11.5 Å². The van der Waals surface area contributed by atoms with E-state index in [2.05, 4.69) is 51.1 Å². The fraction of sp³-hybridized carbons (Fsp3) is 0.385. The number of allylic oxidation sites excluding steroid dienone is 4. The van der Waals surface area contributed by atoms with Gasteiger partial charge in [0.05, 0.1) is 5.70 Å². The van der Waals surface area contributed by atoms with Crippen LogP contribution in [0.2, 0.25) is 0 Å². The van der Waals surface area contributed by atoms with Gasteiger partial charge in [-0.2, -0.15) is 0 Å². The number of nitrogens with zero attached hydrogens (tertiary/aromatic N) is 1. The highest BCUT2D eigenvalue weighted by atomic mass is 15.3. The molecule has 1 rings (SSSR count). The van der Waals surface area contributed by atoms with Gasteiger partial charge in [-0.3, -0.25) is 0 Å². The Morgan fingerprint density at radius 2 is 1.93 bits per heavy atom. The lowest BCUT2D eigenvalue weighted by atomic mass is 10.1. The van der Waals surface area contributed by atoms with Crippen molar-refractivity contribution in [1.82, 2.24) is 10.2 Å². The summed E-state index contributed by atoms with van der Waals surface area (Å²) < 4.78 is 0. The molecule has 0 fully saturated rings. The van der Waals surface area contributed by atoms with Crippen LogP contribution in [0.3, 0.4) is 0 Å². The molecule has 0 aliphatic carbocycles. The van der Waals surface area contributed by atoms with Crippen molar-refractivity contribution in [3.05, 3.63) is 48.6 Å². The summed E-state index contributed by atoms with van der Waals surface area (Å²) in [7, 11) is 0. The third kappa shape index (κ3) is 2.32. The molecule has 0 radical (unpaired) electrons. The summed E-state index contributed by atoms with van der Waals surface area (Å²) in [6.45, 7) is 16.3. The van der Waals surface area contributed by atoms with E-state index in [-0.39, 0.29) is 5.54 Å². The van der Waals surface area contributed by atoms with Crippen LogP contribution in [-0.4, -0.2) is 10.4 Å². The Hall–Kier alpha value is -1.44. The van der Waals surface area contributed by atoms with Gasteiger partial charge in [0, 0.05) is 11.2 Å². The maximum Gasteiger partial charge on any atom is 0.103 e. The Morgan fingerprint density at radius 3 is 2.33 bits per heavy atom. The normalized spacial score (nSPS) is 17.6. The molecule has 15 heavy (non-hydrogen) atoms. The van der Waals surface area contributed by atoms with Crippen molar-refractivity contribution >= 4 is 0 Å². The van der Waals surface area contributed by atoms with Crippen molar-refractivity contribution in [2.75, 3.05) is 0 Å². The van der Waals surface area contributed by atoms with E-state index in [1.165, 1.54) is 5.70 Å². The summed E-state index contributed by atoms with van der Waals surface area (Å²) in [5.41, 5.74) is 2.35. The van der Waals surface area contributed by atoms with Gasteiger partial charge in [-0.15, -0.1) is 0 Å². The topological polar surface area (TPSA) is 15.3 Å². The Morgan fingerprint density at radius 1 is 1.33 bits per heavy atom. The molecule has 0 amide bonds. The van der Waals surface area contributed by atoms with Gasteiger partial charge < -0.3 is 10.2 Å². The van der Waals surface area contributed by atoms with Crippen LogP contribution < -0.4 is 5.32 Å². The predicted octanol–water partition coefficient (Wildman–Crippen LogP) is 3.14. The summed E-state index contributed by atoms with van der Waals surface area (Å²) >= 11 is 0. The zero-order valence-corrected chi connectivity index (χ0v) is 10.1. The van der Waals surface area contributed by atoms with Gasteiger partial charge in [-0.25, -0.2) is 0 Å². The first kappa shape index (κ1) is 11.6. The molecule has 0 atom stereocenters. The second-order valence-corrected chi connectivity index (χ2v) is 4.67. The van der Waals surface area contributed by atoms with Crippen LogP contribution in [0, 0.1) is 0 Å². The van der Waals surface area contributed by atoms with Crippen molar-refractivity contribution in [2.24, 2.45) is 0 Å². The van der Waals surface area contributed by atoms with E-state index in [9.17, 15) is 0 Å². The van der Waals surface area contributed by atoms with Crippen LogP contribution in [-0.2, 0) is 0 Å². The summed E-state index contributed by atoms with van der Waals surface area (Å²) in [5.74, 6) is 0.934. The lowest BCUT2D eigenvalue weighted by molar-refractivity contribution is 0.242. The molecule has 0 aromatic carbocycles. The number of nitrogens with one attached hydrogen (secondary N) is 1. The Kier molecular flexibility index (Phi) is 3.08. The number of hydrogen-bond donors (Lipinski definition) is 1. The van der Waals surface area contributed by atoms with E-state index < -0.39 is 0 Å². The van der Waals surface area contributed by atoms with E-state index >= 15 is 0 Å². The van der Waals surface area contributed by atoms with Crippen LogP contribution in [0.5, 0.6) is 0 Å². The van der Waals surface area contributed by atoms with Crippen LogP contribution in [0.15, 0.2) is 48.6 Å².